The van der Waals surface area contributed by atoms with Crippen LogP contribution in [0.3, 0.4) is 0 Å². The van der Waals surface area contributed by atoms with Gasteiger partial charge in [0.2, 0.25) is 11.5 Å². The van der Waals surface area contributed by atoms with Gasteiger partial charge in [-0.25, -0.2) is 9.78 Å². The average Bonchev–Trinajstić information content (AvgIpc) is 2.59. The molecule has 0 bridgehead atoms. The highest BCUT2D eigenvalue weighted by atomic mass is 16.4. The summed E-state index contributed by atoms with van der Waals surface area (Å²) in [6, 6.07) is 2.85. The molecule has 2 aromatic heterocycles. The zero-order valence-corrected chi connectivity index (χ0v) is 6.93. The third-order valence-corrected chi connectivity index (χ3v) is 1.74. The first kappa shape index (κ1) is 8.43. The number of pyridine rings is 1. The number of aromatic nitrogens is 1. The molecule has 1 N–H and O–H groups in total. The van der Waals surface area contributed by atoms with Gasteiger partial charge in [0.15, 0.2) is 6.29 Å². The van der Waals surface area contributed by atoms with Crippen molar-refractivity contribution in [1.29, 1.82) is 0 Å². The smallest absolute Gasteiger partial charge is 0.371 e. The third-order valence-electron chi connectivity index (χ3n) is 1.74. The van der Waals surface area contributed by atoms with E-state index in [-0.39, 0.29) is 11.5 Å². The number of hydrogen-bond acceptors (Lipinski definition) is 4. The predicted molar refractivity (Wildman–Crippen MR) is 46.4 cm³/mol. The van der Waals surface area contributed by atoms with Crippen LogP contribution < -0.4 is 0 Å². The van der Waals surface area contributed by atoms with Crippen molar-refractivity contribution < 1.29 is 19.1 Å². The summed E-state index contributed by atoms with van der Waals surface area (Å²) in [4.78, 5) is 24.7. The Kier molecular flexibility index (Phi) is 1.78. The lowest BCUT2D eigenvalue weighted by Crippen LogP contribution is -1.91. The molecule has 0 aromatic carbocycles. The number of carboxylic acids is 1. The summed E-state index contributed by atoms with van der Waals surface area (Å²) in [5.41, 5.74) is 0.600. The Morgan fingerprint density at radius 1 is 1.50 bits per heavy atom. The van der Waals surface area contributed by atoms with Crippen molar-refractivity contribution in [2.45, 2.75) is 0 Å². The van der Waals surface area contributed by atoms with Crippen LogP contribution in [0.2, 0.25) is 0 Å². The van der Waals surface area contributed by atoms with Crippen LogP contribution in [0.1, 0.15) is 20.9 Å². The molecule has 5 nitrogen and oxygen atoms in total. The topological polar surface area (TPSA) is 80.4 Å². The molecule has 2 aromatic rings. The standard InChI is InChI=1S/C9H5NO4/c11-4-5-1-6-2-7(9(12)13)14-8(6)10-3-5/h1-4H,(H,12,13). The summed E-state index contributed by atoms with van der Waals surface area (Å²) in [6.45, 7) is 0. The van der Waals surface area contributed by atoms with Crippen LogP contribution in [-0.2, 0) is 0 Å². The summed E-state index contributed by atoms with van der Waals surface area (Å²) < 4.78 is 4.90. The first-order valence-electron chi connectivity index (χ1n) is 3.79. The zero-order valence-electron chi connectivity index (χ0n) is 6.93. The molecular formula is C9H5NO4. The molecule has 2 heterocycles. The van der Waals surface area contributed by atoms with Crippen LogP contribution in [-0.4, -0.2) is 22.3 Å². The Morgan fingerprint density at radius 2 is 2.29 bits per heavy atom. The molecule has 14 heavy (non-hydrogen) atoms. The van der Waals surface area contributed by atoms with Crippen LogP contribution in [0.15, 0.2) is 22.7 Å². The van der Waals surface area contributed by atoms with Crippen molar-refractivity contribution in [3.8, 4) is 0 Å². The van der Waals surface area contributed by atoms with E-state index in [9.17, 15) is 9.59 Å². The molecule has 0 atom stereocenters. The maximum Gasteiger partial charge on any atom is 0.371 e. The number of aromatic carboxylic acids is 1. The Bertz CT molecular complexity index is 515. The molecule has 0 aliphatic carbocycles. The average molecular weight is 191 g/mol. The quantitative estimate of drug-likeness (QED) is 0.724. The fraction of sp³-hybridized carbons (Fsp3) is 0. The molecule has 0 radical (unpaired) electrons. The molecule has 0 unspecified atom stereocenters. The number of furan rings is 1. The van der Waals surface area contributed by atoms with E-state index in [0.29, 0.717) is 17.2 Å². The summed E-state index contributed by atoms with van der Waals surface area (Å²) >= 11 is 0. The normalized spacial score (nSPS) is 10.3. The monoisotopic (exact) mass is 191 g/mol. The van der Waals surface area contributed by atoms with E-state index < -0.39 is 5.97 Å². The Morgan fingerprint density at radius 3 is 2.93 bits per heavy atom. The van der Waals surface area contributed by atoms with Gasteiger partial charge in [-0.1, -0.05) is 0 Å². The minimum Gasteiger partial charge on any atom is -0.475 e. The third kappa shape index (κ3) is 1.24. The first-order valence-corrected chi connectivity index (χ1v) is 3.79. The second-order valence-electron chi connectivity index (χ2n) is 2.70. The highest BCUT2D eigenvalue weighted by Crippen LogP contribution is 2.17. The lowest BCUT2D eigenvalue weighted by Gasteiger charge is -1.87. The fourth-order valence-corrected chi connectivity index (χ4v) is 1.12. The van der Waals surface area contributed by atoms with Crippen LogP contribution in [0, 0.1) is 0 Å². The van der Waals surface area contributed by atoms with Crippen LogP contribution in [0.4, 0.5) is 0 Å². The minimum absolute atomic E-state index is 0.185. The van der Waals surface area contributed by atoms with Crippen molar-refractivity contribution in [2.75, 3.05) is 0 Å². The molecule has 2 rings (SSSR count). The second kappa shape index (κ2) is 2.95. The molecule has 0 saturated heterocycles. The predicted octanol–water partition coefficient (Wildman–Crippen LogP) is 1.34. The highest BCUT2D eigenvalue weighted by Gasteiger charge is 2.11. The van der Waals surface area contributed by atoms with Gasteiger partial charge in [-0.15, -0.1) is 0 Å². The first-order chi connectivity index (χ1) is 6.70. The van der Waals surface area contributed by atoms with E-state index in [0.717, 1.165) is 0 Å². The summed E-state index contributed by atoms with van der Waals surface area (Å²) in [5, 5.41) is 9.13. The summed E-state index contributed by atoms with van der Waals surface area (Å²) in [5.74, 6) is -1.34. The van der Waals surface area contributed by atoms with Crippen LogP contribution in [0.5, 0.6) is 0 Å². The maximum absolute atomic E-state index is 10.5. The van der Waals surface area contributed by atoms with E-state index >= 15 is 0 Å². The number of fused-ring (bicyclic) bond motifs is 1. The van der Waals surface area contributed by atoms with Gasteiger partial charge in [0, 0.05) is 23.2 Å². The zero-order chi connectivity index (χ0) is 10.1. The number of hydrogen-bond donors (Lipinski definition) is 1. The van der Waals surface area contributed by atoms with Crippen molar-refractivity contribution in [1.82, 2.24) is 4.98 Å². The molecule has 0 fully saturated rings. The van der Waals surface area contributed by atoms with Gasteiger partial charge in [0.05, 0.1) is 0 Å². The van der Waals surface area contributed by atoms with E-state index in [1.54, 1.807) is 0 Å². The molecule has 0 aliphatic rings. The lowest BCUT2D eigenvalue weighted by molar-refractivity contribution is 0.0664. The number of carboxylic acid groups (broad SMARTS) is 1. The summed E-state index contributed by atoms with van der Waals surface area (Å²) in [7, 11) is 0. The van der Waals surface area contributed by atoms with Gasteiger partial charge in [-0.3, -0.25) is 4.79 Å². The number of carbonyl (C=O) groups excluding carboxylic acids is 1. The van der Waals surface area contributed by atoms with Gasteiger partial charge < -0.3 is 9.52 Å². The minimum atomic E-state index is -1.16. The van der Waals surface area contributed by atoms with E-state index in [1.165, 1.54) is 18.3 Å². The van der Waals surface area contributed by atoms with Crippen molar-refractivity contribution >= 4 is 23.4 Å². The van der Waals surface area contributed by atoms with Gasteiger partial charge in [-0.05, 0) is 6.07 Å². The van der Waals surface area contributed by atoms with Crippen LogP contribution in [0.25, 0.3) is 11.1 Å². The molecule has 0 spiro atoms. The van der Waals surface area contributed by atoms with Crippen LogP contribution >= 0.6 is 0 Å². The lowest BCUT2D eigenvalue weighted by atomic mass is 10.2. The molecule has 0 aliphatic heterocycles. The van der Waals surface area contributed by atoms with Crippen molar-refractivity contribution in [2.24, 2.45) is 0 Å². The van der Waals surface area contributed by atoms with Gasteiger partial charge >= 0.3 is 5.97 Å². The molecule has 5 heteroatoms. The largest absolute Gasteiger partial charge is 0.475 e. The number of rotatable bonds is 2. The van der Waals surface area contributed by atoms with E-state index in [2.05, 4.69) is 4.98 Å². The molecular weight excluding hydrogens is 186 g/mol. The van der Waals surface area contributed by atoms with Gasteiger partial charge in [-0.2, -0.15) is 0 Å². The van der Waals surface area contributed by atoms with Gasteiger partial charge in [0.1, 0.15) is 0 Å². The van der Waals surface area contributed by atoms with E-state index in [1.807, 2.05) is 0 Å². The Balaban J connectivity index is 2.65. The fourth-order valence-electron chi connectivity index (χ4n) is 1.12. The van der Waals surface area contributed by atoms with E-state index in [4.69, 9.17) is 9.52 Å². The number of carbonyl (C=O) groups is 2. The molecule has 0 saturated carbocycles. The summed E-state index contributed by atoms with van der Waals surface area (Å²) in [6.07, 6.45) is 1.96. The second-order valence-corrected chi connectivity index (χ2v) is 2.70. The number of nitrogens with zero attached hydrogens (tertiary/aromatic N) is 1. The Hall–Kier alpha value is -2.17. The molecule has 70 valence electrons. The van der Waals surface area contributed by atoms with Crippen molar-refractivity contribution in [3.05, 3.63) is 29.7 Å². The molecule has 0 amide bonds. The highest BCUT2D eigenvalue weighted by molar-refractivity contribution is 5.91. The maximum atomic E-state index is 10.5. The van der Waals surface area contributed by atoms with Crippen molar-refractivity contribution in [3.63, 3.8) is 0 Å². The SMILES string of the molecule is O=Cc1cnc2oc(C(=O)O)cc2c1. The van der Waals surface area contributed by atoms with Gasteiger partial charge in [0.25, 0.3) is 0 Å². The number of aldehydes is 1. The Labute approximate surface area is 78.0 Å².